The summed E-state index contributed by atoms with van der Waals surface area (Å²) in [6, 6.07) is 19.8. The lowest BCUT2D eigenvalue weighted by molar-refractivity contribution is 0.103. The largest absolute Gasteiger partial charge is 0.289 e. The third-order valence-corrected chi connectivity index (χ3v) is 4.38. The van der Waals surface area contributed by atoms with E-state index in [1.165, 1.54) is 5.56 Å². The summed E-state index contributed by atoms with van der Waals surface area (Å²) >= 11 is 3.53. The Labute approximate surface area is 132 Å². The summed E-state index contributed by atoms with van der Waals surface area (Å²) in [4.78, 5) is 12.9. The first kappa shape index (κ1) is 14.0. The zero-order chi connectivity index (χ0) is 14.8. The Morgan fingerprint density at radius 2 is 1.71 bits per heavy atom. The summed E-state index contributed by atoms with van der Waals surface area (Å²) in [5.41, 5.74) is 2.68. The standard InChI is InChI=1S/C19H15BrO/c1-2-13-10-11-17(18(20)12-13)19(21)16-9-5-7-14-6-3-4-8-15(14)16/h3-12H,2H2,1H3. The molecule has 0 saturated heterocycles. The van der Waals surface area contributed by atoms with E-state index in [2.05, 4.69) is 22.9 Å². The van der Waals surface area contributed by atoms with Crippen LogP contribution in [0.25, 0.3) is 10.8 Å². The van der Waals surface area contributed by atoms with Gasteiger partial charge in [-0.25, -0.2) is 0 Å². The van der Waals surface area contributed by atoms with Gasteiger partial charge < -0.3 is 0 Å². The van der Waals surface area contributed by atoms with Crippen LogP contribution >= 0.6 is 15.9 Å². The molecule has 0 heterocycles. The zero-order valence-corrected chi connectivity index (χ0v) is 13.4. The minimum atomic E-state index is 0.0568. The number of fused-ring (bicyclic) bond motifs is 1. The van der Waals surface area contributed by atoms with Crippen molar-refractivity contribution in [3.05, 3.63) is 81.8 Å². The normalized spacial score (nSPS) is 10.8. The summed E-state index contributed by atoms with van der Waals surface area (Å²) in [6.45, 7) is 2.11. The van der Waals surface area contributed by atoms with Crippen molar-refractivity contribution in [2.45, 2.75) is 13.3 Å². The van der Waals surface area contributed by atoms with E-state index in [4.69, 9.17) is 0 Å². The van der Waals surface area contributed by atoms with E-state index in [-0.39, 0.29) is 5.78 Å². The van der Waals surface area contributed by atoms with Crippen molar-refractivity contribution in [2.75, 3.05) is 0 Å². The monoisotopic (exact) mass is 338 g/mol. The van der Waals surface area contributed by atoms with Crippen LogP contribution in [0.3, 0.4) is 0 Å². The van der Waals surface area contributed by atoms with Crippen LogP contribution in [0.4, 0.5) is 0 Å². The second kappa shape index (κ2) is 5.82. The summed E-state index contributed by atoms with van der Waals surface area (Å²) in [5, 5.41) is 2.08. The zero-order valence-electron chi connectivity index (χ0n) is 11.8. The maximum atomic E-state index is 12.9. The maximum absolute atomic E-state index is 12.9. The number of hydrogen-bond acceptors (Lipinski definition) is 1. The molecule has 0 aliphatic heterocycles. The molecule has 21 heavy (non-hydrogen) atoms. The molecular weight excluding hydrogens is 324 g/mol. The molecule has 0 atom stereocenters. The quantitative estimate of drug-likeness (QED) is 0.584. The molecule has 0 N–H and O–H groups in total. The Morgan fingerprint density at radius 1 is 0.952 bits per heavy atom. The summed E-state index contributed by atoms with van der Waals surface area (Å²) < 4.78 is 0.861. The van der Waals surface area contributed by atoms with Crippen LogP contribution in [0.15, 0.2) is 65.1 Å². The Hall–Kier alpha value is -1.93. The van der Waals surface area contributed by atoms with E-state index in [0.717, 1.165) is 27.2 Å². The number of halogens is 1. The smallest absolute Gasteiger partial charge is 0.194 e. The number of benzene rings is 3. The Bertz CT molecular complexity index is 815. The van der Waals surface area contributed by atoms with Crippen molar-refractivity contribution in [2.24, 2.45) is 0 Å². The van der Waals surface area contributed by atoms with Gasteiger partial charge in [0.1, 0.15) is 0 Å². The van der Waals surface area contributed by atoms with Gasteiger partial charge in [-0.15, -0.1) is 0 Å². The molecule has 2 heteroatoms. The van der Waals surface area contributed by atoms with Crippen LogP contribution in [-0.2, 0) is 6.42 Å². The third kappa shape index (κ3) is 2.64. The molecule has 104 valence electrons. The lowest BCUT2D eigenvalue weighted by Crippen LogP contribution is -2.03. The van der Waals surface area contributed by atoms with Gasteiger partial charge >= 0.3 is 0 Å². The fraction of sp³-hybridized carbons (Fsp3) is 0.105. The van der Waals surface area contributed by atoms with E-state index in [1.807, 2.05) is 60.7 Å². The number of carbonyl (C=O) groups is 1. The van der Waals surface area contributed by atoms with Crippen molar-refractivity contribution >= 4 is 32.5 Å². The number of hydrogen-bond donors (Lipinski definition) is 0. The van der Waals surface area contributed by atoms with Gasteiger partial charge in [-0.2, -0.15) is 0 Å². The molecule has 1 nitrogen and oxygen atoms in total. The highest BCUT2D eigenvalue weighted by atomic mass is 79.9. The Balaban J connectivity index is 2.13. The molecule has 3 aromatic rings. The van der Waals surface area contributed by atoms with Gasteiger partial charge in [0.05, 0.1) is 0 Å². The van der Waals surface area contributed by atoms with Crippen molar-refractivity contribution in [1.82, 2.24) is 0 Å². The molecule has 0 bridgehead atoms. The van der Waals surface area contributed by atoms with E-state index in [1.54, 1.807) is 0 Å². The number of rotatable bonds is 3. The number of aryl methyl sites for hydroxylation is 1. The van der Waals surface area contributed by atoms with Gasteiger partial charge in [0.2, 0.25) is 0 Å². The number of ketones is 1. The molecule has 0 unspecified atom stereocenters. The molecule has 0 spiro atoms. The van der Waals surface area contributed by atoms with Crippen molar-refractivity contribution in [3.63, 3.8) is 0 Å². The fourth-order valence-electron chi connectivity index (χ4n) is 2.53. The van der Waals surface area contributed by atoms with Crippen LogP contribution in [-0.4, -0.2) is 5.78 Å². The average Bonchev–Trinajstić information content (AvgIpc) is 2.53. The van der Waals surface area contributed by atoms with E-state index in [0.29, 0.717) is 5.56 Å². The Morgan fingerprint density at radius 3 is 2.48 bits per heavy atom. The summed E-state index contributed by atoms with van der Waals surface area (Å²) in [6.07, 6.45) is 0.960. The predicted molar refractivity (Wildman–Crippen MR) is 90.9 cm³/mol. The molecular formula is C19H15BrO. The highest BCUT2D eigenvalue weighted by molar-refractivity contribution is 9.10. The molecule has 3 rings (SSSR count). The van der Waals surface area contributed by atoms with E-state index >= 15 is 0 Å². The second-order valence-corrected chi connectivity index (χ2v) is 5.88. The van der Waals surface area contributed by atoms with Crippen molar-refractivity contribution < 1.29 is 4.79 Å². The third-order valence-electron chi connectivity index (χ3n) is 3.72. The minimum absolute atomic E-state index is 0.0568. The SMILES string of the molecule is CCc1ccc(C(=O)c2cccc3ccccc23)c(Br)c1. The highest BCUT2D eigenvalue weighted by Crippen LogP contribution is 2.26. The van der Waals surface area contributed by atoms with Gasteiger partial charge in [0, 0.05) is 15.6 Å². The molecule has 0 aliphatic carbocycles. The van der Waals surface area contributed by atoms with Gasteiger partial charge in [0.25, 0.3) is 0 Å². The van der Waals surface area contributed by atoms with E-state index < -0.39 is 0 Å². The molecule has 0 fully saturated rings. The van der Waals surface area contributed by atoms with Gasteiger partial charge in [-0.1, -0.05) is 71.4 Å². The van der Waals surface area contributed by atoms with E-state index in [9.17, 15) is 4.79 Å². The Kier molecular flexibility index (Phi) is 3.89. The minimum Gasteiger partial charge on any atom is -0.289 e. The molecule has 0 aliphatic rings. The van der Waals surface area contributed by atoms with Crippen molar-refractivity contribution in [1.29, 1.82) is 0 Å². The molecule has 0 amide bonds. The lowest BCUT2D eigenvalue weighted by atomic mass is 9.96. The fourth-order valence-corrected chi connectivity index (χ4v) is 3.14. The summed E-state index contributed by atoms with van der Waals surface area (Å²) in [5.74, 6) is 0.0568. The molecule has 0 radical (unpaired) electrons. The second-order valence-electron chi connectivity index (χ2n) is 5.02. The molecule has 0 saturated carbocycles. The molecule has 0 aromatic heterocycles. The van der Waals surface area contributed by atoms with Gasteiger partial charge in [-0.05, 0) is 34.9 Å². The predicted octanol–water partition coefficient (Wildman–Crippen LogP) is 5.40. The van der Waals surface area contributed by atoms with Crippen molar-refractivity contribution in [3.8, 4) is 0 Å². The van der Waals surface area contributed by atoms with Gasteiger partial charge in [-0.3, -0.25) is 4.79 Å². The van der Waals surface area contributed by atoms with Gasteiger partial charge in [0.15, 0.2) is 5.78 Å². The first-order valence-electron chi connectivity index (χ1n) is 7.01. The summed E-state index contributed by atoms with van der Waals surface area (Å²) in [7, 11) is 0. The van der Waals surface area contributed by atoms with Crippen LogP contribution < -0.4 is 0 Å². The number of carbonyl (C=O) groups excluding carboxylic acids is 1. The lowest BCUT2D eigenvalue weighted by Gasteiger charge is -2.08. The van der Waals surface area contributed by atoms with Crippen LogP contribution in [0.1, 0.15) is 28.4 Å². The van der Waals surface area contributed by atoms with Crippen LogP contribution in [0.2, 0.25) is 0 Å². The maximum Gasteiger partial charge on any atom is 0.194 e. The van der Waals surface area contributed by atoms with Crippen LogP contribution in [0, 0.1) is 0 Å². The highest BCUT2D eigenvalue weighted by Gasteiger charge is 2.15. The first-order chi connectivity index (χ1) is 10.2. The average molecular weight is 339 g/mol. The topological polar surface area (TPSA) is 17.1 Å². The van der Waals surface area contributed by atoms with Crippen LogP contribution in [0.5, 0.6) is 0 Å². The molecule has 3 aromatic carbocycles. The first-order valence-corrected chi connectivity index (χ1v) is 7.81.